The third kappa shape index (κ3) is 5.61. The maximum Gasteiger partial charge on any atom is 0.247 e. The van der Waals surface area contributed by atoms with Gasteiger partial charge in [-0.1, -0.05) is 43.5 Å². The van der Waals surface area contributed by atoms with Gasteiger partial charge in [0.2, 0.25) is 15.9 Å². The molecule has 0 bridgehead atoms. The van der Waals surface area contributed by atoms with Crippen LogP contribution in [0.2, 0.25) is 0 Å². The average molecular weight is 461 g/mol. The Hall–Kier alpha value is -2.58. The SMILES string of the molecule is COc1ccccc1CNC(=O)CN(C1CCCCC1)S(=O)(=O)c1cc(C)ccc1OC. The number of benzene rings is 2. The van der Waals surface area contributed by atoms with Crippen molar-refractivity contribution in [2.24, 2.45) is 0 Å². The first-order valence-electron chi connectivity index (χ1n) is 10.9. The van der Waals surface area contributed by atoms with Crippen molar-refractivity contribution >= 4 is 15.9 Å². The number of sulfonamides is 1. The van der Waals surface area contributed by atoms with Crippen LogP contribution in [-0.4, -0.2) is 45.4 Å². The van der Waals surface area contributed by atoms with E-state index < -0.39 is 10.0 Å². The maximum absolute atomic E-state index is 13.7. The summed E-state index contributed by atoms with van der Waals surface area (Å²) in [7, 11) is -0.904. The lowest BCUT2D eigenvalue weighted by Gasteiger charge is -2.33. The average Bonchev–Trinajstić information content (AvgIpc) is 2.81. The van der Waals surface area contributed by atoms with Crippen LogP contribution in [0, 0.1) is 6.92 Å². The second-order valence-corrected chi connectivity index (χ2v) is 9.94. The Kier molecular flexibility index (Phi) is 8.15. The van der Waals surface area contributed by atoms with Gasteiger partial charge in [-0.2, -0.15) is 4.31 Å². The minimum Gasteiger partial charge on any atom is -0.496 e. The second kappa shape index (κ2) is 10.8. The lowest BCUT2D eigenvalue weighted by molar-refractivity contribution is -0.121. The fourth-order valence-corrected chi connectivity index (χ4v) is 6.02. The summed E-state index contributed by atoms with van der Waals surface area (Å²) in [4.78, 5) is 13.0. The van der Waals surface area contributed by atoms with E-state index in [1.807, 2.05) is 37.3 Å². The minimum atomic E-state index is -3.93. The van der Waals surface area contributed by atoms with Crippen LogP contribution in [0.25, 0.3) is 0 Å². The molecule has 7 nitrogen and oxygen atoms in total. The summed E-state index contributed by atoms with van der Waals surface area (Å²) in [5, 5.41) is 2.85. The van der Waals surface area contributed by atoms with Crippen LogP contribution in [0.4, 0.5) is 0 Å². The van der Waals surface area contributed by atoms with E-state index >= 15 is 0 Å². The van der Waals surface area contributed by atoms with Gasteiger partial charge in [-0.05, 0) is 43.5 Å². The van der Waals surface area contributed by atoms with Crippen molar-refractivity contribution in [3.05, 3.63) is 53.6 Å². The Balaban J connectivity index is 1.84. The molecule has 1 aliphatic carbocycles. The molecule has 0 aliphatic heterocycles. The highest BCUT2D eigenvalue weighted by Gasteiger charge is 2.35. The van der Waals surface area contributed by atoms with E-state index in [9.17, 15) is 13.2 Å². The molecule has 8 heteroatoms. The standard InChI is InChI=1S/C24H32N2O5S/c1-18-13-14-22(31-3)23(15-18)32(28,29)26(20-10-5-4-6-11-20)17-24(27)25-16-19-9-7-8-12-21(19)30-2/h7-9,12-15,20H,4-6,10-11,16-17H2,1-3H3,(H,25,27). The van der Waals surface area contributed by atoms with Crippen molar-refractivity contribution in [3.8, 4) is 11.5 Å². The number of ether oxygens (including phenoxy) is 2. The fourth-order valence-electron chi connectivity index (χ4n) is 4.13. The van der Waals surface area contributed by atoms with Gasteiger partial charge in [0.15, 0.2) is 0 Å². The van der Waals surface area contributed by atoms with E-state index in [-0.39, 0.29) is 35.7 Å². The minimum absolute atomic E-state index is 0.100. The van der Waals surface area contributed by atoms with Crippen LogP contribution in [0.3, 0.4) is 0 Å². The lowest BCUT2D eigenvalue weighted by atomic mass is 9.95. The van der Waals surface area contributed by atoms with Crippen LogP contribution >= 0.6 is 0 Å². The molecule has 0 saturated heterocycles. The van der Waals surface area contributed by atoms with Gasteiger partial charge in [0.25, 0.3) is 0 Å². The molecule has 174 valence electrons. The molecule has 0 atom stereocenters. The Morgan fingerprint density at radius 2 is 1.72 bits per heavy atom. The van der Waals surface area contributed by atoms with E-state index in [2.05, 4.69) is 5.32 Å². The highest BCUT2D eigenvalue weighted by atomic mass is 32.2. The van der Waals surface area contributed by atoms with Crippen molar-refractivity contribution < 1.29 is 22.7 Å². The number of carbonyl (C=O) groups excluding carboxylic acids is 1. The summed E-state index contributed by atoms with van der Waals surface area (Å²) >= 11 is 0. The Morgan fingerprint density at radius 3 is 2.41 bits per heavy atom. The number of aryl methyl sites for hydroxylation is 1. The summed E-state index contributed by atoms with van der Waals surface area (Å²) < 4.78 is 39.5. The molecule has 0 spiro atoms. The first-order valence-corrected chi connectivity index (χ1v) is 12.4. The van der Waals surface area contributed by atoms with Gasteiger partial charge < -0.3 is 14.8 Å². The predicted octanol–water partition coefficient (Wildman–Crippen LogP) is 3.65. The number of hydrogen-bond acceptors (Lipinski definition) is 5. The molecule has 0 radical (unpaired) electrons. The Morgan fingerprint density at radius 1 is 1.03 bits per heavy atom. The first kappa shape index (κ1) is 24.1. The molecule has 1 aliphatic rings. The molecule has 32 heavy (non-hydrogen) atoms. The molecule has 2 aromatic rings. The van der Waals surface area contributed by atoms with Crippen molar-refractivity contribution in [2.75, 3.05) is 20.8 Å². The van der Waals surface area contributed by atoms with Crippen LogP contribution < -0.4 is 14.8 Å². The summed E-state index contributed by atoms with van der Waals surface area (Å²) in [6.45, 7) is 1.86. The summed E-state index contributed by atoms with van der Waals surface area (Å²) in [5.74, 6) is 0.608. The van der Waals surface area contributed by atoms with Gasteiger partial charge in [-0.25, -0.2) is 8.42 Å². The van der Waals surface area contributed by atoms with Crippen molar-refractivity contribution in [1.82, 2.24) is 9.62 Å². The number of methoxy groups -OCH3 is 2. The third-order valence-electron chi connectivity index (χ3n) is 5.86. The molecule has 1 N–H and O–H groups in total. The molecule has 3 rings (SSSR count). The zero-order chi connectivity index (χ0) is 23.1. The van der Waals surface area contributed by atoms with E-state index in [0.717, 1.165) is 43.2 Å². The number of amides is 1. The van der Waals surface area contributed by atoms with E-state index in [1.165, 1.54) is 11.4 Å². The quantitative estimate of drug-likeness (QED) is 0.617. The van der Waals surface area contributed by atoms with Gasteiger partial charge in [-0.15, -0.1) is 0 Å². The van der Waals surface area contributed by atoms with Gasteiger partial charge >= 0.3 is 0 Å². The predicted molar refractivity (Wildman–Crippen MR) is 123 cm³/mol. The van der Waals surface area contributed by atoms with Crippen LogP contribution in [0.1, 0.15) is 43.2 Å². The van der Waals surface area contributed by atoms with Gasteiger partial charge in [-0.3, -0.25) is 4.79 Å². The van der Waals surface area contributed by atoms with Gasteiger partial charge in [0.05, 0.1) is 20.8 Å². The molecular weight excluding hydrogens is 428 g/mol. The van der Waals surface area contributed by atoms with E-state index in [4.69, 9.17) is 9.47 Å². The van der Waals surface area contributed by atoms with Crippen molar-refractivity contribution in [2.45, 2.75) is 56.5 Å². The number of nitrogens with one attached hydrogen (secondary N) is 1. The molecule has 1 fully saturated rings. The number of rotatable bonds is 9. The van der Waals surface area contributed by atoms with E-state index in [1.54, 1.807) is 19.2 Å². The molecule has 0 unspecified atom stereocenters. The first-order chi connectivity index (χ1) is 15.4. The Labute approximate surface area is 190 Å². The van der Waals surface area contributed by atoms with E-state index in [0.29, 0.717) is 5.75 Å². The molecular formula is C24H32N2O5S. The van der Waals surface area contributed by atoms with Gasteiger partial charge in [0.1, 0.15) is 16.4 Å². The third-order valence-corrected chi connectivity index (χ3v) is 7.78. The highest BCUT2D eigenvalue weighted by Crippen LogP contribution is 2.32. The Bertz CT molecular complexity index is 1030. The summed E-state index contributed by atoms with van der Waals surface area (Å²) in [6.07, 6.45) is 4.47. The van der Waals surface area contributed by atoms with Crippen LogP contribution in [0.15, 0.2) is 47.4 Å². The highest BCUT2D eigenvalue weighted by molar-refractivity contribution is 7.89. The van der Waals surface area contributed by atoms with Crippen molar-refractivity contribution in [1.29, 1.82) is 0 Å². The van der Waals surface area contributed by atoms with Crippen LogP contribution in [0.5, 0.6) is 11.5 Å². The molecule has 0 aromatic heterocycles. The zero-order valence-corrected chi connectivity index (χ0v) is 19.8. The molecule has 1 amide bonds. The summed E-state index contributed by atoms with van der Waals surface area (Å²) in [6, 6.07) is 12.3. The normalized spacial score (nSPS) is 14.9. The van der Waals surface area contributed by atoms with Gasteiger partial charge in [0, 0.05) is 18.2 Å². The summed E-state index contributed by atoms with van der Waals surface area (Å²) in [5.41, 5.74) is 1.64. The maximum atomic E-state index is 13.7. The molecule has 0 heterocycles. The second-order valence-electron chi connectivity index (χ2n) is 8.08. The number of para-hydroxylation sites is 1. The number of carbonyl (C=O) groups is 1. The lowest BCUT2D eigenvalue weighted by Crippen LogP contribution is -2.47. The van der Waals surface area contributed by atoms with Crippen LogP contribution in [-0.2, 0) is 21.4 Å². The molecule has 2 aromatic carbocycles. The smallest absolute Gasteiger partial charge is 0.247 e. The number of nitrogens with zero attached hydrogens (tertiary/aromatic N) is 1. The number of hydrogen-bond donors (Lipinski definition) is 1. The van der Waals surface area contributed by atoms with Crippen molar-refractivity contribution in [3.63, 3.8) is 0 Å². The zero-order valence-electron chi connectivity index (χ0n) is 19.0. The molecule has 1 saturated carbocycles. The topological polar surface area (TPSA) is 84.9 Å². The fraction of sp³-hybridized carbons (Fsp3) is 0.458. The monoisotopic (exact) mass is 460 g/mol. The largest absolute Gasteiger partial charge is 0.496 e.